The third-order valence-electron chi connectivity index (χ3n) is 5.58. The number of hydrogen-bond donors (Lipinski definition) is 3. The average molecular weight is 435 g/mol. The van der Waals surface area contributed by atoms with Gasteiger partial charge in [0.1, 0.15) is 6.54 Å². The maximum absolute atomic E-state index is 12.6. The van der Waals surface area contributed by atoms with Crippen LogP contribution < -0.4 is 16.1 Å². The molecule has 0 saturated heterocycles. The third-order valence-corrected chi connectivity index (χ3v) is 5.58. The molecule has 0 spiro atoms. The van der Waals surface area contributed by atoms with Crippen LogP contribution in [0.3, 0.4) is 0 Å². The van der Waals surface area contributed by atoms with Gasteiger partial charge in [-0.25, -0.2) is 5.43 Å². The van der Waals surface area contributed by atoms with E-state index in [9.17, 15) is 14.4 Å². The summed E-state index contributed by atoms with van der Waals surface area (Å²) in [6.45, 7) is 9.41. The zero-order chi connectivity index (χ0) is 23.4. The summed E-state index contributed by atoms with van der Waals surface area (Å²) in [6.07, 6.45) is 3.21. The minimum absolute atomic E-state index is 0.0580. The molecule has 1 aliphatic heterocycles. The highest BCUT2D eigenvalue weighted by atomic mass is 16.2. The molecular formula is C25H30N4O3. The molecule has 32 heavy (non-hydrogen) atoms. The second-order valence-electron chi connectivity index (χ2n) is 8.40. The molecule has 0 aromatic heterocycles. The van der Waals surface area contributed by atoms with E-state index >= 15 is 0 Å². The maximum Gasteiger partial charge on any atom is 0.260 e. The van der Waals surface area contributed by atoms with E-state index in [1.165, 1.54) is 11.1 Å². The third kappa shape index (κ3) is 5.42. The molecule has 7 nitrogen and oxygen atoms in total. The normalized spacial score (nSPS) is 15.8. The van der Waals surface area contributed by atoms with Crippen LogP contribution in [-0.2, 0) is 14.4 Å². The van der Waals surface area contributed by atoms with Crippen LogP contribution >= 0.6 is 0 Å². The Morgan fingerprint density at radius 3 is 2.50 bits per heavy atom. The summed E-state index contributed by atoms with van der Waals surface area (Å²) >= 11 is 0. The average Bonchev–Trinajstić information content (AvgIpc) is 2.74. The number of amides is 3. The van der Waals surface area contributed by atoms with Crippen LogP contribution in [0.1, 0.15) is 42.1 Å². The molecule has 0 radical (unpaired) electrons. The van der Waals surface area contributed by atoms with Crippen molar-refractivity contribution in [2.75, 3.05) is 17.2 Å². The van der Waals surface area contributed by atoms with Gasteiger partial charge in [-0.05, 0) is 55.2 Å². The zero-order valence-corrected chi connectivity index (χ0v) is 19.2. The molecule has 0 fully saturated rings. The number of benzene rings is 2. The number of nitrogens with zero attached hydrogens (tertiary/aromatic N) is 1. The monoisotopic (exact) mass is 434 g/mol. The van der Waals surface area contributed by atoms with Gasteiger partial charge < -0.3 is 10.6 Å². The smallest absolute Gasteiger partial charge is 0.260 e. The van der Waals surface area contributed by atoms with E-state index in [2.05, 4.69) is 16.1 Å². The Hall–Kier alpha value is -3.45. The first-order valence-electron chi connectivity index (χ1n) is 10.7. The Bertz CT molecular complexity index is 1070. The van der Waals surface area contributed by atoms with Crippen molar-refractivity contribution in [3.05, 3.63) is 70.8 Å². The summed E-state index contributed by atoms with van der Waals surface area (Å²) in [4.78, 5) is 37.1. The highest BCUT2D eigenvalue weighted by molar-refractivity contribution is 5.97. The highest BCUT2D eigenvalue weighted by Crippen LogP contribution is 2.25. The summed E-state index contributed by atoms with van der Waals surface area (Å²) in [5.74, 6) is -0.771. The van der Waals surface area contributed by atoms with Gasteiger partial charge in [0.25, 0.3) is 5.91 Å². The lowest BCUT2D eigenvalue weighted by molar-refractivity contribution is -0.134. The summed E-state index contributed by atoms with van der Waals surface area (Å²) in [5, 5.41) is 7.12. The van der Waals surface area contributed by atoms with Gasteiger partial charge in [-0.2, -0.15) is 0 Å². The van der Waals surface area contributed by atoms with Gasteiger partial charge in [0.05, 0.1) is 6.04 Å². The van der Waals surface area contributed by atoms with Crippen molar-refractivity contribution in [2.24, 2.45) is 5.92 Å². The predicted octanol–water partition coefficient (Wildman–Crippen LogP) is 3.79. The molecule has 1 atom stereocenters. The summed E-state index contributed by atoms with van der Waals surface area (Å²) in [5.41, 5.74) is 8.46. The lowest BCUT2D eigenvalue weighted by atomic mass is 10.0. The number of aryl methyl sites for hydroxylation is 2. The van der Waals surface area contributed by atoms with Crippen molar-refractivity contribution in [3.8, 4) is 0 Å². The minimum Gasteiger partial charge on any atom is -0.326 e. The first-order valence-corrected chi connectivity index (χ1v) is 10.7. The molecule has 3 amide bonds. The van der Waals surface area contributed by atoms with Gasteiger partial charge in [0.2, 0.25) is 11.8 Å². The molecule has 2 aromatic carbocycles. The second kappa shape index (κ2) is 9.78. The Morgan fingerprint density at radius 1 is 1.03 bits per heavy atom. The van der Waals surface area contributed by atoms with Crippen LogP contribution in [-0.4, -0.2) is 29.3 Å². The summed E-state index contributed by atoms with van der Waals surface area (Å²) in [7, 11) is 0. The fraction of sp³-hybridized carbons (Fsp3) is 0.320. The van der Waals surface area contributed by atoms with E-state index in [4.69, 9.17) is 0 Å². The maximum atomic E-state index is 12.6. The molecule has 7 heteroatoms. The van der Waals surface area contributed by atoms with Crippen LogP contribution in [0.15, 0.2) is 48.6 Å². The Balaban J connectivity index is 1.72. The SMILES string of the molecule is Cc1ccc(C2C=CC(=O)N(CC(=O)Nc3cccc(C)c3C)N2)cc1NC(=O)C(C)C. The summed E-state index contributed by atoms with van der Waals surface area (Å²) in [6, 6.07) is 11.1. The molecule has 0 aliphatic carbocycles. The Kier molecular flexibility index (Phi) is 7.10. The fourth-order valence-electron chi connectivity index (χ4n) is 3.32. The fourth-order valence-corrected chi connectivity index (χ4v) is 3.32. The molecule has 1 heterocycles. The van der Waals surface area contributed by atoms with E-state index in [1.807, 2.05) is 71.0 Å². The number of carbonyl (C=O) groups is 3. The van der Waals surface area contributed by atoms with Gasteiger partial charge in [-0.1, -0.05) is 44.2 Å². The molecule has 1 aliphatic rings. The van der Waals surface area contributed by atoms with Gasteiger partial charge in [-0.3, -0.25) is 19.4 Å². The van der Waals surface area contributed by atoms with Crippen LogP contribution in [0, 0.1) is 26.7 Å². The van der Waals surface area contributed by atoms with E-state index in [-0.39, 0.29) is 36.2 Å². The van der Waals surface area contributed by atoms with Crippen LogP contribution in [0.25, 0.3) is 0 Å². The lowest BCUT2D eigenvalue weighted by Crippen LogP contribution is -2.49. The van der Waals surface area contributed by atoms with Crippen LogP contribution in [0.5, 0.6) is 0 Å². The Labute approximate surface area is 188 Å². The van der Waals surface area contributed by atoms with E-state index < -0.39 is 0 Å². The van der Waals surface area contributed by atoms with Crippen molar-refractivity contribution >= 4 is 29.1 Å². The lowest BCUT2D eigenvalue weighted by Gasteiger charge is -2.30. The minimum atomic E-state index is -0.309. The largest absolute Gasteiger partial charge is 0.326 e. The summed E-state index contributed by atoms with van der Waals surface area (Å²) < 4.78 is 0. The Morgan fingerprint density at radius 2 is 1.78 bits per heavy atom. The number of anilines is 2. The number of hydrogen-bond acceptors (Lipinski definition) is 4. The standard InChI is InChI=1S/C25H30N4O3/c1-15(2)25(32)27-22-13-19(10-9-17(22)4)21-11-12-24(31)29(28-21)14-23(30)26-20-8-6-7-16(3)18(20)5/h6-13,15,21,28H,14H2,1-5H3,(H,26,30)(H,27,32). The number of hydrazine groups is 1. The van der Waals surface area contributed by atoms with E-state index in [0.717, 1.165) is 33.6 Å². The van der Waals surface area contributed by atoms with Gasteiger partial charge in [0.15, 0.2) is 0 Å². The highest BCUT2D eigenvalue weighted by Gasteiger charge is 2.24. The van der Waals surface area contributed by atoms with E-state index in [0.29, 0.717) is 0 Å². The molecule has 0 bridgehead atoms. The first kappa shape index (κ1) is 23.2. The van der Waals surface area contributed by atoms with E-state index in [1.54, 1.807) is 6.08 Å². The van der Waals surface area contributed by atoms with Gasteiger partial charge >= 0.3 is 0 Å². The quantitative estimate of drug-likeness (QED) is 0.645. The molecular weight excluding hydrogens is 404 g/mol. The second-order valence-corrected chi connectivity index (χ2v) is 8.40. The van der Waals surface area contributed by atoms with Gasteiger partial charge in [-0.15, -0.1) is 0 Å². The molecule has 0 saturated carbocycles. The van der Waals surface area contributed by atoms with Crippen LogP contribution in [0.4, 0.5) is 11.4 Å². The van der Waals surface area contributed by atoms with Crippen molar-refractivity contribution < 1.29 is 14.4 Å². The van der Waals surface area contributed by atoms with Crippen molar-refractivity contribution in [3.63, 3.8) is 0 Å². The topological polar surface area (TPSA) is 90.5 Å². The van der Waals surface area contributed by atoms with Crippen molar-refractivity contribution in [2.45, 2.75) is 40.7 Å². The molecule has 3 N–H and O–H groups in total. The molecule has 3 rings (SSSR count). The number of rotatable bonds is 6. The first-order chi connectivity index (χ1) is 15.2. The predicted molar refractivity (Wildman–Crippen MR) is 126 cm³/mol. The number of carbonyl (C=O) groups excluding carboxylic acids is 3. The number of nitrogens with one attached hydrogen (secondary N) is 3. The van der Waals surface area contributed by atoms with Crippen LogP contribution in [0.2, 0.25) is 0 Å². The molecule has 168 valence electrons. The zero-order valence-electron chi connectivity index (χ0n) is 19.2. The van der Waals surface area contributed by atoms with Crippen molar-refractivity contribution in [1.29, 1.82) is 0 Å². The van der Waals surface area contributed by atoms with Crippen molar-refractivity contribution in [1.82, 2.24) is 10.4 Å². The molecule has 1 unspecified atom stereocenters. The molecule has 2 aromatic rings. The van der Waals surface area contributed by atoms with Gasteiger partial charge in [0, 0.05) is 23.4 Å².